The van der Waals surface area contributed by atoms with Gasteiger partial charge in [0.15, 0.2) is 0 Å². The summed E-state index contributed by atoms with van der Waals surface area (Å²) < 4.78 is 28.1. The highest BCUT2D eigenvalue weighted by Gasteiger charge is 2.32. The van der Waals surface area contributed by atoms with Crippen molar-refractivity contribution in [3.63, 3.8) is 0 Å². The normalized spacial score (nSPS) is 22.6. The van der Waals surface area contributed by atoms with Gasteiger partial charge in [0, 0.05) is 25.6 Å². The molecule has 1 aliphatic rings. The Balaban J connectivity index is 2.72. The van der Waals surface area contributed by atoms with Crippen molar-refractivity contribution in [2.24, 2.45) is 0 Å². The number of carbonyl (C=O) groups is 1. The van der Waals surface area contributed by atoms with Crippen LogP contribution in [0.15, 0.2) is 0 Å². The molecule has 5 nitrogen and oxygen atoms in total. The lowest BCUT2D eigenvalue weighted by molar-refractivity contribution is -0.118. The Kier molecular flexibility index (Phi) is 5.55. The maximum atomic E-state index is 12.0. The van der Waals surface area contributed by atoms with Crippen LogP contribution in [-0.4, -0.2) is 37.6 Å². The number of nitrogens with one attached hydrogen (secondary N) is 1. The maximum absolute atomic E-state index is 12.0. The van der Waals surface area contributed by atoms with E-state index < -0.39 is 10.2 Å². The lowest BCUT2D eigenvalue weighted by atomic mass is 10.0. The van der Waals surface area contributed by atoms with Crippen LogP contribution in [0.4, 0.5) is 0 Å². The van der Waals surface area contributed by atoms with Crippen molar-refractivity contribution in [3.8, 4) is 0 Å². The summed E-state index contributed by atoms with van der Waals surface area (Å²) >= 11 is 0. The molecular formula is C11H22N2O3S. The molecule has 0 amide bonds. The first kappa shape index (κ1) is 14.6. The number of ketones is 1. The van der Waals surface area contributed by atoms with Gasteiger partial charge in [-0.15, -0.1) is 0 Å². The maximum Gasteiger partial charge on any atom is 0.279 e. The Morgan fingerprint density at radius 1 is 1.41 bits per heavy atom. The molecular weight excluding hydrogens is 240 g/mol. The van der Waals surface area contributed by atoms with E-state index >= 15 is 0 Å². The standard InChI is InChI=1S/C11H22N2O3S/c1-3-7-12-17(15,16)13-8-5-4-6-11(13)9-10(2)14/h11-12H,3-9H2,1-2H3. The van der Waals surface area contributed by atoms with Gasteiger partial charge in [0.1, 0.15) is 5.78 Å². The second-order valence-electron chi connectivity index (χ2n) is 4.57. The van der Waals surface area contributed by atoms with Crippen molar-refractivity contribution >= 4 is 16.0 Å². The number of carbonyl (C=O) groups excluding carboxylic acids is 1. The Bertz CT molecular complexity index is 354. The van der Waals surface area contributed by atoms with Gasteiger partial charge in [-0.3, -0.25) is 4.79 Å². The van der Waals surface area contributed by atoms with E-state index in [1.54, 1.807) is 0 Å². The van der Waals surface area contributed by atoms with Crippen LogP contribution >= 0.6 is 0 Å². The zero-order valence-corrected chi connectivity index (χ0v) is 11.4. The second kappa shape index (κ2) is 6.47. The summed E-state index contributed by atoms with van der Waals surface area (Å²) in [4.78, 5) is 11.2. The minimum Gasteiger partial charge on any atom is -0.300 e. The summed E-state index contributed by atoms with van der Waals surface area (Å²) in [5.41, 5.74) is 0. The molecule has 1 atom stereocenters. The van der Waals surface area contributed by atoms with E-state index in [0.29, 0.717) is 19.5 Å². The predicted octanol–water partition coefficient (Wildman–Crippen LogP) is 1.06. The largest absolute Gasteiger partial charge is 0.300 e. The van der Waals surface area contributed by atoms with Crippen molar-refractivity contribution in [3.05, 3.63) is 0 Å². The van der Waals surface area contributed by atoms with Gasteiger partial charge in [-0.05, 0) is 26.2 Å². The van der Waals surface area contributed by atoms with E-state index in [0.717, 1.165) is 25.7 Å². The van der Waals surface area contributed by atoms with Gasteiger partial charge in [0.25, 0.3) is 10.2 Å². The van der Waals surface area contributed by atoms with E-state index in [1.807, 2.05) is 6.92 Å². The van der Waals surface area contributed by atoms with E-state index in [4.69, 9.17) is 0 Å². The third-order valence-electron chi connectivity index (χ3n) is 2.94. The molecule has 1 rings (SSSR count). The summed E-state index contributed by atoms with van der Waals surface area (Å²) in [5.74, 6) is 0.0487. The molecule has 0 aromatic carbocycles. The molecule has 1 fully saturated rings. The highest BCUT2D eigenvalue weighted by atomic mass is 32.2. The van der Waals surface area contributed by atoms with Crippen molar-refractivity contribution < 1.29 is 13.2 Å². The highest BCUT2D eigenvalue weighted by molar-refractivity contribution is 7.87. The van der Waals surface area contributed by atoms with E-state index in [-0.39, 0.29) is 11.8 Å². The molecule has 6 heteroatoms. The van der Waals surface area contributed by atoms with Gasteiger partial charge in [-0.25, -0.2) is 4.72 Å². The Labute approximate surface area is 104 Å². The molecule has 1 saturated heterocycles. The van der Waals surface area contributed by atoms with Gasteiger partial charge in [0.05, 0.1) is 0 Å². The highest BCUT2D eigenvalue weighted by Crippen LogP contribution is 2.22. The minimum atomic E-state index is -3.41. The number of nitrogens with zero attached hydrogens (tertiary/aromatic N) is 1. The number of Topliss-reactive ketones (excluding diaryl/α,β-unsaturated/α-hetero) is 1. The monoisotopic (exact) mass is 262 g/mol. The number of hydrogen-bond acceptors (Lipinski definition) is 3. The summed E-state index contributed by atoms with van der Waals surface area (Å²) in [6.07, 6.45) is 3.75. The summed E-state index contributed by atoms with van der Waals surface area (Å²) in [6.45, 7) is 4.41. The zero-order chi connectivity index (χ0) is 12.9. The van der Waals surface area contributed by atoms with Crippen LogP contribution < -0.4 is 4.72 Å². The Morgan fingerprint density at radius 3 is 2.71 bits per heavy atom. The van der Waals surface area contributed by atoms with Crippen LogP contribution in [0.5, 0.6) is 0 Å². The van der Waals surface area contributed by atoms with E-state index in [2.05, 4.69) is 4.72 Å². The molecule has 1 heterocycles. The fraction of sp³-hybridized carbons (Fsp3) is 0.909. The molecule has 100 valence electrons. The lowest BCUT2D eigenvalue weighted by Crippen LogP contribution is -2.49. The smallest absolute Gasteiger partial charge is 0.279 e. The molecule has 0 aromatic heterocycles. The van der Waals surface area contributed by atoms with Gasteiger partial charge in [-0.2, -0.15) is 12.7 Å². The topological polar surface area (TPSA) is 66.5 Å². The fourth-order valence-electron chi connectivity index (χ4n) is 2.14. The second-order valence-corrected chi connectivity index (χ2v) is 6.27. The van der Waals surface area contributed by atoms with Crippen molar-refractivity contribution in [1.29, 1.82) is 0 Å². The molecule has 0 aliphatic carbocycles. The molecule has 0 spiro atoms. The Morgan fingerprint density at radius 2 is 2.12 bits per heavy atom. The van der Waals surface area contributed by atoms with Crippen molar-refractivity contribution in [1.82, 2.24) is 9.03 Å². The van der Waals surface area contributed by atoms with Crippen molar-refractivity contribution in [2.75, 3.05) is 13.1 Å². The van der Waals surface area contributed by atoms with Gasteiger partial charge >= 0.3 is 0 Å². The van der Waals surface area contributed by atoms with E-state index in [1.165, 1.54) is 11.2 Å². The zero-order valence-electron chi connectivity index (χ0n) is 10.6. The first-order valence-corrected chi connectivity index (χ1v) is 7.67. The molecule has 1 N–H and O–H groups in total. The summed E-state index contributed by atoms with van der Waals surface area (Å²) in [5, 5.41) is 0. The molecule has 1 aliphatic heterocycles. The van der Waals surface area contributed by atoms with Crippen LogP contribution in [0, 0.1) is 0 Å². The first-order chi connectivity index (χ1) is 7.97. The van der Waals surface area contributed by atoms with Crippen LogP contribution in [0.25, 0.3) is 0 Å². The van der Waals surface area contributed by atoms with Crippen LogP contribution in [-0.2, 0) is 15.0 Å². The van der Waals surface area contributed by atoms with Crippen molar-refractivity contribution in [2.45, 2.75) is 52.0 Å². The predicted molar refractivity (Wildman–Crippen MR) is 66.9 cm³/mol. The minimum absolute atomic E-state index is 0.0487. The number of piperidine rings is 1. The first-order valence-electron chi connectivity index (χ1n) is 6.23. The lowest BCUT2D eigenvalue weighted by Gasteiger charge is -2.34. The summed E-state index contributed by atoms with van der Waals surface area (Å²) in [7, 11) is -3.41. The summed E-state index contributed by atoms with van der Waals surface area (Å²) in [6, 6.07) is -0.157. The fourth-order valence-corrected chi connectivity index (χ4v) is 3.71. The van der Waals surface area contributed by atoms with E-state index in [9.17, 15) is 13.2 Å². The quantitative estimate of drug-likeness (QED) is 0.778. The van der Waals surface area contributed by atoms with Gasteiger partial charge in [0.2, 0.25) is 0 Å². The average molecular weight is 262 g/mol. The molecule has 0 radical (unpaired) electrons. The van der Waals surface area contributed by atoms with Crippen LogP contribution in [0.1, 0.15) is 46.0 Å². The van der Waals surface area contributed by atoms with Crippen LogP contribution in [0.2, 0.25) is 0 Å². The van der Waals surface area contributed by atoms with Crippen LogP contribution in [0.3, 0.4) is 0 Å². The molecule has 17 heavy (non-hydrogen) atoms. The molecule has 0 bridgehead atoms. The number of rotatable bonds is 6. The SMILES string of the molecule is CCCNS(=O)(=O)N1CCCCC1CC(C)=O. The molecule has 1 unspecified atom stereocenters. The molecule has 0 aromatic rings. The molecule has 0 saturated carbocycles. The van der Waals surface area contributed by atoms with Gasteiger partial charge < -0.3 is 0 Å². The third kappa shape index (κ3) is 4.37. The third-order valence-corrected chi connectivity index (χ3v) is 4.61. The van der Waals surface area contributed by atoms with Gasteiger partial charge in [-0.1, -0.05) is 13.3 Å². The Hall–Kier alpha value is -0.460. The average Bonchev–Trinajstić information content (AvgIpc) is 2.26. The number of hydrogen-bond donors (Lipinski definition) is 1.